The van der Waals surface area contributed by atoms with E-state index >= 15 is 0 Å². The van der Waals surface area contributed by atoms with Crippen LogP contribution in [0.2, 0.25) is 0 Å². The lowest BCUT2D eigenvalue weighted by Crippen LogP contribution is -2.05. The summed E-state index contributed by atoms with van der Waals surface area (Å²) in [4.78, 5) is 0. The van der Waals surface area contributed by atoms with Gasteiger partial charge in [0.25, 0.3) is 0 Å². The highest BCUT2D eigenvalue weighted by Crippen LogP contribution is 2.20. The van der Waals surface area contributed by atoms with E-state index in [0.29, 0.717) is 17.8 Å². The van der Waals surface area contributed by atoms with E-state index in [9.17, 15) is 4.39 Å². The molecule has 0 spiro atoms. The predicted octanol–water partition coefficient (Wildman–Crippen LogP) is 2.56. The second-order valence-electron chi connectivity index (χ2n) is 3.76. The number of aryl methyl sites for hydroxylation is 1. The lowest BCUT2D eigenvalue weighted by Gasteiger charge is -2.05. The van der Waals surface area contributed by atoms with Gasteiger partial charge < -0.3 is 10.3 Å². The van der Waals surface area contributed by atoms with Crippen LogP contribution in [0.3, 0.4) is 0 Å². The number of hydrogen-bond acceptors (Lipinski definition) is 1. The summed E-state index contributed by atoms with van der Waals surface area (Å²) in [5, 5.41) is 1.02. The highest BCUT2D eigenvalue weighted by Gasteiger charge is 2.05. The summed E-state index contributed by atoms with van der Waals surface area (Å²) in [6.07, 6.45) is 1.89. The number of allylic oxidation sites excluding steroid dienone is 1. The zero-order valence-electron chi connectivity index (χ0n) is 8.63. The molecule has 78 valence electrons. The second kappa shape index (κ2) is 3.42. The molecule has 1 aromatic carbocycles. The molecular formula is C12H13FN2. The van der Waals surface area contributed by atoms with E-state index < -0.39 is 0 Å². The molecule has 2 nitrogen and oxygen atoms in total. The summed E-state index contributed by atoms with van der Waals surface area (Å²) in [6.45, 7) is 5.92. The normalized spacial score (nSPS) is 10.8. The third-order valence-electron chi connectivity index (χ3n) is 2.42. The van der Waals surface area contributed by atoms with Gasteiger partial charge in [0.05, 0.1) is 12.1 Å². The fraction of sp³-hybridized carbons (Fsp3) is 0.167. The van der Waals surface area contributed by atoms with Gasteiger partial charge in [0, 0.05) is 17.3 Å². The molecule has 0 amide bonds. The van der Waals surface area contributed by atoms with Crippen molar-refractivity contribution in [3.8, 4) is 0 Å². The summed E-state index contributed by atoms with van der Waals surface area (Å²) in [7, 11) is 0. The van der Waals surface area contributed by atoms with Crippen LogP contribution in [0.1, 0.15) is 5.56 Å². The van der Waals surface area contributed by atoms with Crippen LogP contribution in [0.25, 0.3) is 10.9 Å². The first-order chi connectivity index (χ1) is 7.08. The van der Waals surface area contributed by atoms with Gasteiger partial charge in [-0.1, -0.05) is 6.58 Å². The number of benzene rings is 1. The third-order valence-corrected chi connectivity index (χ3v) is 2.42. The Morgan fingerprint density at radius 1 is 1.53 bits per heavy atom. The predicted molar refractivity (Wildman–Crippen MR) is 60.0 cm³/mol. The third kappa shape index (κ3) is 1.73. The van der Waals surface area contributed by atoms with Crippen molar-refractivity contribution in [2.45, 2.75) is 13.5 Å². The highest BCUT2D eigenvalue weighted by atomic mass is 19.1. The maximum absolute atomic E-state index is 13.4. The van der Waals surface area contributed by atoms with Gasteiger partial charge >= 0.3 is 0 Å². The van der Waals surface area contributed by atoms with Crippen molar-refractivity contribution < 1.29 is 4.39 Å². The molecule has 0 atom stereocenters. The van der Waals surface area contributed by atoms with Crippen LogP contribution < -0.4 is 5.73 Å². The topological polar surface area (TPSA) is 30.9 Å². The fourth-order valence-electron chi connectivity index (χ4n) is 1.68. The molecule has 0 bridgehead atoms. The molecule has 2 N–H and O–H groups in total. The molecule has 0 aliphatic carbocycles. The fourth-order valence-corrected chi connectivity index (χ4v) is 1.68. The molecule has 1 heterocycles. The van der Waals surface area contributed by atoms with Crippen LogP contribution in [0.5, 0.6) is 0 Å². The van der Waals surface area contributed by atoms with E-state index in [1.54, 1.807) is 6.92 Å². The van der Waals surface area contributed by atoms with Gasteiger partial charge in [0.2, 0.25) is 0 Å². The number of fused-ring (bicyclic) bond motifs is 1. The molecule has 0 aliphatic heterocycles. The van der Waals surface area contributed by atoms with Crippen molar-refractivity contribution in [3.63, 3.8) is 0 Å². The van der Waals surface area contributed by atoms with Gasteiger partial charge in [0.1, 0.15) is 5.82 Å². The number of halogens is 1. The Morgan fingerprint density at radius 2 is 2.27 bits per heavy atom. The zero-order valence-corrected chi connectivity index (χ0v) is 8.63. The Morgan fingerprint density at radius 3 is 2.93 bits per heavy atom. The Bertz CT molecular complexity index is 526. The Hall–Kier alpha value is -1.77. The minimum atomic E-state index is -0.190. The minimum absolute atomic E-state index is 0.190. The van der Waals surface area contributed by atoms with Gasteiger partial charge in [-0.05, 0) is 30.7 Å². The van der Waals surface area contributed by atoms with Gasteiger partial charge in [0.15, 0.2) is 0 Å². The molecule has 1 aromatic heterocycles. The molecular weight excluding hydrogens is 191 g/mol. The minimum Gasteiger partial charge on any atom is -0.401 e. The summed E-state index contributed by atoms with van der Waals surface area (Å²) < 4.78 is 15.3. The first-order valence-corrected chi connectivity index (χ1v) is 4.76. The monoisotopic (exact) mass is 204 g/mol. The van der Waals surface area contributed by atoms with Crippen LogP contribution in [0.15, 0.2) is 36.7 Å². The summed E-state index contributed by atoms with van der Waals surface area (Å²) in [5.74, 6) is -0.190. The van der Waals surface area contributed by atoms with Crippen molar-refractivity contribution in [2.24, 2.45) is 5.73 Å². The van der Waals surface area contributed by atoms with Gasteiger partial charge in [-0.15, -0.1) is 0 Å². The molecule has 2 rings (SSSR count). The molecule has 2 aromatic rings. The standard InChI is InChI=1S/C12H13FN2/c1-8-5-10-3-4-15(7-9(2)14)12(10)6-11(8)13/h3-6H,2,7,14H2,1H3. The first kappa shape index (κ1) is 9.77. The van der Waals surface area contributed by atoms with Crippen molar-refractivity contribution in [1.29, 1.82) is 0 Å². The van der Waals surface area contributed by atoms with Crippen molar-refractivity contribution >= 4 is 10.9 Å². The van der Waals surface area contributed by atoms with Gasteiger partial charge in [-0.2, -0.15) is 0 Å². The van der Waals surface area contributed by atoms with Gasteiger partial charge in [-0.25, -0.2) is 4.39 Å². The van der Waals surface area contributed by atoms with Crippen molar-refractivity contribution in [1.82, 2.24) is 4.57 Å². The van der Waals surface area contributed by atoms with E-state index in [0.717, 1.165) is 10.9 Å². The SMILES string of the molecule is C=C(N)Cn1ccc2cc(C)c(F)cc21. The van der Waals surface area contributed by atoms with Crippen LogP contribution >= 0.6 is 0 Å². The van der Waals surface area contributed by atoms with E-state index in [-0.39, 0.29) is 5.82 Å². The van der Waals surface area contributed by atoms with Crippen LogP contribution in [0, 0.1) is 12.7 Å². The number of nitrogens with two attached hydrogens (primary N) is 1. The molecule has 0 aliphatic rings. The van der Waals surface area contributed by atoms with E-state index in [4.69, 9.17) is 5.73 Å². The largest absolute Gasteiger partial charge is 0.401 e. The Labute approximate surface area is 87.8 Å². The number of rotatable bonds is 2. The second-order valence-corrected chi connectivity index (χ2v) is 3.76. The molecule has 0 unspecified atom stereocenters. The Kier molecular flexibility index (Phi) is 2.23. The van der Waals surface area contributed by atoms with Crippen LogP contribution in [-0.4, -0.2) is 4.57 Å². The molecule has 0 radical (unpaired) electrons. The quantitative estimate of drug-likeness (QED) is 0.800. The number of nitrogens with zero attached hydrogens (tertiary/aromatic N) is 1. The molecule has 3 heteroatoms. The van der Waals surface area contributed by atoms with E-state index in [2.05, 4.69) is 6.58 Å². The maximum atomic E-state index is 13.4. The summed E-state index contributed by atoms with van der Waals surface area (Å²) >= 11 is 0. The van der Waals surface area contributed by atoms with Crippen molar-refractivity contribution in [3.05, 3.63) is 48.1 Å². The van der Waals surface area contributed by atoms with Crippen molar-refractivity contribution in [2.75, 3.05) is 0 Å². The number of aromatic nitrogens is 1. The number of hydrogen-bond donors (Lipinski definition) is 1. The average molecular weight is 204 g/mol. The lowest BCUT2D eigenvalue weighted by molar-refractivity contribution is 0.619. The first-order valence-electron chi connectivity index (χ1n) is 4.76. The Balaban J connectivity index is 2.59. The molecule has 15 heavy (non-hydrogen) atoms. The van der Waals surface area contributed by atoms with Crippen LogP contribution in [0.4, 0.5) is 4.39 Å². The molecule has 0 saturated heterocycles. The smallest absolute Gasteiger partial charge is 0.128 e. The highest BCUT2D eigenvalue weighted by molar-refractivity contribution is 5.81. The average Bonchev–Trinajstić information content (AvgIpc) is 2.49. The van der Waals surface area contributed by atoms with E-state index in [1.165, 1.54) is 6.07 Å². The zero-order chi connectivity index (χ0) is 11.0. The summed E-state index contributed by atoms with van der Waals surface area (Å²) in [6, 6.07) is 5.32. The van der Waals surface area contributed by atoms with Crippen LogP contribution in [-0.2, 0) is 6.54 Å². The molecule has 0 fully saturated rings. The van der Waals surface area contributed by atoms with E-state index in [1.807, 2.05) is 22.9 Å². The maximum Gasteiger partial charge on any atom is 0.128 e. The van der Waals surface area contributed by atoms with Gasteiger partial charge in [-0.3, -0.25) is 0 Å². The molecule has 0 saturated carbocycles. The lowest BCUT2D eigenvalue weighted by atomic mass is 10.2. The summed E-state index contributed by atoms with van der Waals surface area (Å²) in [5.41, 5.74) is 7.61.